The first-order valence-corrected chi connectivity index (χ1v) is 16.7. The smallest absolute Gasteiger partial charge is 0.272 e. The van der Waals surface area contributed by atoms with Gasteiger partial charge in [-0.2, -0.15) is 10.2 Å². The fourth-order valence-electron chi connectivity index (χ4n) is 5.74. The third-order valence-electron chi connectivity index (χ3n) is 8.32. The average Bonchev–Trinajstić information content (AvgIpc) is 3.91. The summed E-state index contributed by atoms with van der Waals surface area (Å²) in [5, 5.41) is 14.2. The molecule has 10 nitrogen and oxygen atoms in total. The van der Waals surface area contributed by atoms with E-state index in [1.807, 2.05) is 72.8 Å². The Morgan fingerprint density at radius 3 is 1.54 bits per heavy atom. The largest absolute Gasteiger partial charge is 0.464 e. The summed E-state index contributed by atoms with van der Waals surface area (Å²) in [7, 11) is 0. The van der Waals surface area contributed by atoms with Gasteiger partial charge in [0.05, 0.1) is 23.3 Å². The van der Waals surface area contributed by atoms with E-state index in [-0.39, 0.29) is 45.8 Å². The number of H-pyrrole nitrogens is 2. The molecule has 4 aromatic carbocycles. The van der Waals surface area contributed by atoms with Crippen LogP contribution in [0.1, 0.15) is 31.8 Å². The number of aromatic amines is 2. The molecule has 52 heavy (non-hydrogen) atoms. The van der Waals surface area contributed by atoms with Crippen LogP contribution in [0.5, 0.6) is 0 Å². The summed E-state index contributed by atoms with van der Waals surface area (Å²) in [6.07, 6.45) is 3.67. The van der Waals surface area contributed by atoms with Gasteiger partial charge in [-0.1, -0.05) is 77.8 Å². The molecule has 8 rings (SSSR count). The SMILES string of the molecule is O=C(Cc1cccc(-c2ccco2)c1)c1ccc2c(=O)[nH]nc(Cl)c2c1.O=C(Cc1cccc(-c2ccco2)c1)c1ccc2c(Cl)n[nH]c(=O)c2c1. The number of hydrogen-bond donors (Lipinski definition) is 2. The minimum absolute atomic E-state index is 0.0696. The molecule has 0 aliphatic rings. The van der Waals surface area contributed by atoms with E-state index in [4.69, 9.17) is 32.0 Å². The molecule has 4 aromatic heterocycles. The van der Waals surface area contributed by atoms with Gasteiger partial charge >= 0.3 is 0 Å². The molecular formula is C40H26Cl2N4O6. The van der Waals surface area contributed by atoms with Crippen LogP contribution in [0, 0.1) is 0 Å². The third kappa shape index (κ3) is 7.39. The lowest BCUT2D eigenvalue weighted by atomic mass is 9.99. The molecule has 0 atom stereocenters. The van der Waals surface area contributed by atoms with Crippen molar-refractivity contribution in [1.29, 1.82) is 0 Å². The maximum Gasteiger partial charge on any atom is 0.272 e. The highest BCUT2D eigenvalue weighted by atomic mass is 35.5. The molecule has 2 N–H and O–H groups in total. The van der Waals surface area contributed by atoms with Crippen molar-refractivity contribution in [3.05, 3.63) is 175 Å². The van der Waals surface area contributed by atoms with E-state index in [1.54, 1.807) is 48.9 Å². The molecule has 0 aliphatic carbocycles. The Morgan fingerprint density at radius 2 is 1.02 bits per heavy atom. The summed E-state index contributed by atoms with van der Waals surface area (Å²) < 4.78 is 10.8. The number of benzene rings is 4. The Hall–Kier alpha value is -6.36. The lowest BCUT2D eigenvalue weighted by molar-refractivity contribution is 0.0985. The fraction of sp³-hybridized carbons (Fsp3) is 0.0500. The highest BCUT2D eigenvalue weighted by Gasteiger charge is 2.14. The monoisotopic (exact) mass is 728 g/mol. The quantitative estimate of drug-likeness (QED) is 0.148. The molecule has 12 heteroatoms. The molecule has 4 heterocycles. The average molecular weight is 730 g/mol. The Morgan fingerprint density at radius 1 is 0.538 bits per heavy atom. The second kappa shape index (κ2) is 14.9. The summed E-state index contributed by atoms with van der Waals surface area (Å²) in [5.74, 6) is 1.34. The molecule has 256 valence electrons. The molecule has 0 bridgehead atoms. The molecule has 0 amide bonds. The number of rotatable bonds is 8. The minimum Gasteiger partial charge on any atom is -0.464 e. The number of carbonyl (C=O) groups excluding carboxylic acids is 2. The van der Waals surface area contributed by atoms with E-state index in [1.165, 1.54) is 0 Å². The van der Waals surface area contributed by atoms with Crippen molar-refractivity contribution in [3.8, 4) is 22.6 Å². The van der Waals surface area contributed by atoms with Crippen LogP contribution in [-0.2, 0) is 12.8 Å². The topological polar surface area (TPSA) is 152 Å². The van der Waals surface area contributed by atoms with Gasteiger partial charge < -0.3 is 8.83 Å². The highest BCUT2D eigenvalue weighted by Crippen LogP contribution is 2.25. The number of ketones is 2. The molecule has 0 fully saturated rings. The summed E-state index contributed by atoms with van der Waals surface area (Å²) in [4.78, 5) is 49.1. The van der Waals surface area contributed by atoms with E-state index < -0.39 is 0 Å². The maximum atomic E-state index is 12.7. The van der Waals surface area contributed by atoms with Crippen LogP contribution in [0.2, 0.25) is 10.3 Å². The molecule has 0 aliphatic heterocycles. The zero-order valence-corrected chi connectivity index (χ0v) is 28.6. The first-order chi connectivity index (χ1) is 25.2. The van der Waals surface area contributed by atoms with Crippen molar-refractivity contribution in [2.75, 3.05) is 0 Å². The summed E-state index contributed by atoms with van der Waals surface area (Å²) in [6.45, 7) is 0. The standard InChI is InChI=1S/2C20H13ClN2O3/c21-19-16-11-13(6-7-15(16)20(25)23-22-19)17(24)10-12-3-1-4-14(9-12)18-5-2-8-26-18;21-19-15-7-6-13(11-16(15)20(25)23-22-19)17(24)10-12-3-1-4-14(9-12)18-5-2-8-26-18/h2*1-9,11H,10H2,(H,23,25). The van der Waals surface area contributed by atoms with Gasteiger partial charge in [0, 0.05) is 45.9 Å². The molecule has 0 spiro atoms. The van der Waals surface area contributed by atoms with Crippen molar-refractivity contribution in [3.63, 3.8) is 0 Å². The number of carbonyl (C=O) groups is 2. The lowest BCUT2D eigenvalue weighted by Gasteiger charge is -2.05. The third-order valence-corrected chi connectivity index (χ3v) is 8.90. The van der Waals surface area contributed by atoms with Gasteiger partial charge in [0.25, 0.3) is 11.1 Å². The Balaban J connectivity index is 0.000000162. The van der Waals surface area contributed by atoms with E-state index in [0.29, 0.717) is 32.7 Å². The van der Waals surface area contributed by atoms with Crippen molar-refractivity contribution in [2.24, 2.45) is 0 Å². The van der Waals surface area contributed by atoms with E-state index in [2.05, 4.69) is 20.4 Å². The first kappa shape index (κ1) is 34.1. The Labute approximate surface area is 304 Å². The van der Waals surface area contributed by atoms with E-state index >= 15 is 0 Å². The normalized spacial score (nSPS) is 11.0. The summed E-state index contributed by atoms with van der Waals surface area (Å²) >= 11 is 12.0. The van der Waals surface area contributed by atoms with E-state index in [0.717, 1.165) is 33.8 Å². The Kier molecular flexibility index (Phi) is 9.75. The number of hydrogen-bond acceptors (Lipinski definition) is 8. The number of nitrogens with one attached hydrogen (secondary N) is 2. The number of Topliss-reactive ketones (excluding diaryl/α,β-unsaturated/α-hetero) is 2. The minimum atomic E-state index is -0.376. The van der Waals surface area contributed by atoms with Gasteiger partial charge in [0.2, 0.25) is 0 Å². The molecule has 0 saturated heterocycles. The zero-order chi connectivity index (χ0) is 36.2. The Bertz CT molecular complexity index is 2700. The van der Waals surface area contributed by atoms with Gasteiger partial charge in [-0.25, -0.2) is 10.2 Å². The second-order valence-corrected chi connectivity index (χ2v) is 12.5. The number of halogens is 2. The van der Waals surface area contributed by atoms with Crippen molar-refractivity contribution in [1.82, 2.24) is 20.4 Å². The van der Waals surface area contributed by atoms with Crippen LogP contribution < -0.4 is 11.1 Å². The van der Waals surface area contributed by atoms with Crippen LogP contribution in [0.4, 0.5) is 0 Å². The van der Waals surface area contributed by atoms with Crippen LogP contribution in [0.3, 0.4) is 0 Å². The zero-order valence-electron chi connectivity index (χ0n) is 27.1. The van der Waals surface area contributed by atoms with Crippen molar-refractivity contribution in [2.45, 2.75) is 12.8 Å². The maximum absolute atomic E-state index is 12.7. The molecule has 8 aromatic rings. The van der Waals surface area contributed by atoms with Gasteiger partial charge in [0.15, 0.2) is 21.9 Å². The number of nitrogens with zero attached hydrogens (tertiary/aromatic N) is 2. The van der Waals surface area contributed by atoms with Gasteiger partial charge in [-0.15, -0.1) is 0 Å². The first-order valence-electron chi connectivity index (χ1n) is 15.9. The van der Waals surface area contributed by atoms with Crippen LogP contribution in [-0.4, -0.2) is 32.0 Å². The van der Waals surface area contributed by atoms with E-state index in [9.17, 15) is 19.2 Å². The molecule has 0 radical (unpaired) electrons. The van der Waals surface area contributed by atoms with Crippen molar-refractivity contribution < 1.29 is 18.4 Å². The fourth-order valence-corrected chi connectivity index (χ4v) is 6.15. The molecule has 0 unspecified atom stereocenters. The van der Waals surface area contributed by atoms with Gasteiger partial charge in [0.1, 0.15) is 11.5 Å². The second-order valence-electron chi connectivity index (χ2n) is 11.8. The summed E-state index contributed by atoms with van der Waals surface area (Å²) in [6, 6.07) is 32.3. The molecular weight excluding hydrogens is 703 g/mol. The van der Waals surface area contributed by atoms with Gasteiger partial charge in [-0.3, -0.25) is 19.2 Å². The highest BCUT2D eigenvalue weighted by molar-refractivity contribution is 6.34. The number of fused-ring (bicyclic) bond motifs is 2. The van der Waals surface area contributed by atoms with Crippen molar-refractivity contribution >= 4 is 56.3 Å². The molecule has 0 saturated carbocycles. The summed E-state index contributed by atoms with van der Waals surface area (Å²) in [5.41, 5.74) is 3.78. The van der Waals surface area contributed by atoms with Crippen LogP contribution >= 0.6 is 23.2 Å². The number of furan rings is 2. The lowest BCUT2D eigenvalue weighted by Crippen LogP contribution is -2.10. The van der Waals surface area contributed by atoms with Crippen LogP contribution in [0.15, 0.2) is 140 Å². The predicted octanol–water partition coefficient (Wildman–Crippen LogP) is 8.52. The number of aromatic nitrogens is 4. The van der Waals surface area contributed by atoms with Gasteiger partial charge in [-0.05, 0) is 65.7 Å². The van der Waals surface area contributed by atoms with Crippen LogP contribution in [0.25, 0.3) is 44.2 Å². The predicted molar refractivity (Wildman–Crippen MR) is 199 cm³/mol.